The Morgan fingerprint density at radius 2 is 1.78 bits per heavy atom. The first kappa shape index (κ1) is 36.4. The van der Waals surface area contributed by atoms with Gasteiger partial charge in [0.25, 0.3) is 0 Å². The third kappa shape index (κ3) is 11.3. The molecule has 0 radical (unpaired) electrons. The van der Waals surface area contributed by atoms with E-state index in [1.165, 1.54) is 32.4 Å². The lowest BCUT2D eigenvalue weighted by atomic mass is 9.65. The van der Waals surface area contributed by atoms with Gasteiger partial charge in [-0.2, -0.15) is 0 Å². The predicted molar refractivity (Wildman–Crippen MR) is 141 cm³/mol. The molecule has 0 amide bonds. The number of nitrogens with one attached hydrogen (secondary N) is 1. The number of hydrogen-bond acceptors (Lipinski definition) is 3. The molecule has 0 bridgehead atoms. The number of likely N-dealkylation sites (tertiary alicyclic amines) is 1. The highest BCUT2D eigenvalue weighted by Gasteiger charge is 2.40. The van der Waals surface area contributed by atoms with Gasteiger partial charge < -0.3 is 32.4 Å². The second-order valence-electron chi connectivity index (χ2n) is 11.0. The van der Waals surface area contributed by atoms with Crippen molar-refractivity contribution in [3.05, 3.63) is 11.1 Å². The van der Waals surface area contributed by atoms with Crippen LogP contribution in [0.3, 0.4) is 0 Å². The molecule has 2 aliphatic rings. The Balaban J connectivity index is -0.00000210. The molecule has 0 spiro atoms. The van der Waals surface area contributed by atoms with E-state index in [0.717, 1.165) is 42.8 Å². The van der Waals surface area contributed by atoms with Gasteiger partial charge in [0.15, 0.2) is 0 Å². The van der Waals surface area contributed by atoms with Gasteiger partial charge in [-0.05, 0) is 67.7 Å². The van der Waals surface area contributed by atoms with Crippen LogP contribution in [0.2, 0.25) is 0 Å². The van der Waals surface area contributed by atoms with Crippen LogP contribution in [0.25, 0.3) is 0 Å². The van der Waals surface area contributed by atoms with Crippen molar-refractivity contribution in [1.29, 1.82) is 0 Å². The van der Waals surface area contributed by atoms with E-state index in [1.54, 1.807) is 0 Å². The van der Waals surface area contributed by atoms with E-state index in [2.05, 4.69) is 57.8 Å². The second-order valence-corrected chi connectivity index (χ2v) is 11.4. The maximum absolute atomic E-state index is 6.32. The van der Waals surface area contributed by atoms with Crippen LogP contribution in [-0.2, 0) is 0 Å². The Morgan fingerprint density at radius 1 is 1.16 bits per heavy atom. The van der Waals surface area contributed by atoms with Gasteiger partial charge in [0.2, 0.25) is 0 Å². The Morgan fingerprint density at radius 3 is 2.25 bits per heavy atom. The minimum atomic E-state index is 0. The molecule has 0 aromatic carbocycles. The lowest BCUT2D eigenvalue weighted by Gasteiger charge is -2.49. The summed E-state index contributed by atoms with van der Waals surface area (Å²) in [5.41, 5.74) is 6.69. The van der Waals surface area contributed by atoms with E-state index < -0.39 is 0 Å². The zero-order valence-electron chi connectivity index (χ0n) is 20.8. The number of nitrogens with two attached hydrogens (primary N) is 1. The Labute approximate surface area is 203 Å². The molecule has 0 aromatic rings. The zero-order valence-corrected chi connectivity index (χ0v) is 21.6. The molecular formula is C25H56ClN3O3. The van der Waals surface area contributed by atoms with Crippen LogP contribution in [0.1, 0.15) is 81.1 Å². The molecule has 1 aliphatic carbocycles. The van der Waals surface area contributed by atoms with Crippen molar-refractivity contribution in [3.8, 4) is 0 Å². The molecule has 2 unspecified atom stereocenters. The van der Waals surface area contributed by atoms with Crippen molar-refractivity contribution >= 4 is 11.6 Å². The van der Waals surface area contributed by atoms with Gasteiger partial charge in [-0.1, -0.05) is 66.6 Å². The lowest BCUT2D eigenvalue weighted by Crippen LogP contribution is -2.54. The number of halogens is 1. The summed E-state index contributed by atoms with van der Waals surface area (Å²) in [6, 6.07) is 0.775. The summed E-state index contributed by atoms with van der Waals surface area (Å²) >= 11 is 6.22. The molecule has 2 rings (SSSR count). The van der Waals surface area contributed by atoms with Crippen LogP contribution in [0.4, 0.5) is 0 Å². The lowest BCUT2D eigenvalue weighted by molar-refractivity contribution is 0.0117. The SMILES string of the molecule is C.CC(C)C[C@H](N)CN[C@@H](CN1CCC(C2CC=C(Cl)CC2)C(C)(C)C1)C(C)C.O.O.O. The van der Waals surface area contributed by atoms with E-state index in [4.69, 9.17) is 17.3 Å². The molecule has 1 saturated heterocycles. The summed E-state index contributed by atoms with van der Waals surface area (Å²) in [5, 5.41) is 4.87. The van der Waals surface area contributed by atoms with E-state index in [-0.39, 0.29) is 29.9 Å². The Hall–Kier alpha value is -0.210. The van der Waals surface area contributed by atoms with Crippen molar-refractivity contribution in [2.24, 2.45) is 34.8 Å². The van der Waals surface area contributed by atoms with Gasteiger partial charge in [-0.15, -0.1) is 0 Å². The van der Waals surface area contributed by atoms with Crippen molar-refractivity contribution in [2.75, 3.05) is 26.2 Å². The van der Waals surface area contributed by atoms with Crippen LogP contribution >= 0.6 is 11.6 Å². The minimum Gasteiger partial charge on any atom is -0.412 e. The third-order valence-electron chi connectivity index (χ3n) is 7.03. The maximum atomic E-state index is 6.32. The molecule has 32 heavy (non-hydrogen) atoms. The van der Waals surface area contributed by atoms with E-state index in [1.807, 2.05) is 0 Å². The molecule has 7 heteroatoms. The highest BCUT2D eigenvalue weighted by Crippen LogP contribution is 2.44. The molecule has 0 saturated carbocycles. The summed E-state index contributed by atoms with van der Waals surface area (Å²) in [4.78, 5) is 2.70. The molecule has 1 fully saturated rings. The van der Waals surface area contributed by atoms with E-state index in [0.29, 0.717) is 23.3 Å². The summed E-state index contributed by atoms with van der Waals surface area (Å²) in [6.45, 7) is 18.6. The largest absolute Gasteiger partial charge is 0.412 e. The molecule has 4 atom stereocenters. The molecule has 0 aromatic heterocycles. The first-order valence-electron chi connectivity index (χ1n) is 11.6. The minimum absolute atomic E-state index is 0. The van der Waals surface area contributed by atoms with Crippen molar-refractivity contribution in [3.63, 3.8) is 0 Å². The van der Waals surface area contributed by atoms with Crippen molar-refractivity contribution in [1.82, 2.24) is 10.2 Å². The zero-order chi connectivity index (χ0) is 20.9. The molecule has 196 valence electrons. The summed E-state index contributed by atoms with van der Waals surface area (Å²) in [6.07, 6.45) is 8.22. The number of nitrogens with zero attached hydrogens (tertiary/aromatic N) is 1. The fourth-order valence-electron chi connectivity index (χ4n) is 5.48. The summed E-state index contributed by atoms with van der Waals surface area (Å²) < 4.78 is 0. The highest BCUT2D eigenvalue weighted by molar-refractivity contribution is 6.29. The average Bonchev–Trinajstić information content (AvgIpc) is 2.58. The third-order valence-corrected chi connectivity index (χ3v) is 7.38. The highest BCUT2D eigenvalue weighted by atomic mass is 35.5. The molecule has 9 N–H and O–H groups in total. The number of allylic oxidation sites excluding steroid dienone is 2. The van der Waals surface area contributed by atoms with Gasteiger partial charge in [-0.25, -0.2) is 0 Å². The van der Waals surface area contributed by atoms with Gasteiger partial charge in [-0.3, -0.25) is 0 Å². The monoisotopic (exact) mass is 481 g/mol. The number of hydrogen-bond donors (Lipinski definition) is 2. The molecule has 1 aliphatic heterocycles. The fourth-order valence-corrected chi connectivity index (χ4v) is 5.68. The molecule has 6 nitrogen and oxygen atoms in total. The fraction of sp³-hybridized carbons (Fsp3) is 0.920. The predicted octanol–water partition coefficient (Wildman–Crippen LogP) is 3.41. The number of rotatable bonds is 9. The molecular weight excluding hydrogens is 426 g/mol. The number of piperidine rings is 1. The first-order valence-corrected chi connectivity index (χ1v) is 12.0. The second kappa shape index (κ2) is 16.4. The maximum Gasteiger partial charge on any atom is 0.0218 e. The van der Waals surface area contributed by atoms with E-state index >= 15 is 0 Å². The quantitative estimate of drug-likeness (QED) is 0.521. The normalized spacial score (nSPS) is 24.9. The van der Waals surface area contributed by atoms with Gasteiger partial charge in [0, 0.05) is 36.8 Å². The average molecular weight is 482 g/mol. The smallest absolute Gasteiger partial charge is 0.0218 e. The van der Waals surface area contributed by atoms with Crippen LogP contribution in [-0.4, -0.2) is 59.6 Å². The summed E-state index contributed by atoms with van der Waals surface area (Å²) in [7, 11) is 0. The topological polar surface area (TPSA) is 136 Å². The van der Waals surface area contributed by atoms with Crippen LogP contribution < -0.4 is 11.1 Å². The standard InChI is InChI=1S/C24H46ClN3.CH4.3H2O/c1-17(2)13-21(26)14-27-23(18(3)4)15-28-12-11-22(24(5,6)16-28)19-7-9-20(25)10-8-19;;;;/h9,17-19,21-23,27H,7-8,10-16,26H2,1-6H3;1H4;3*1H2/t19?,21-,22?,23-;;;;/m0..../s1. The van der Waals surface area contributed by atoms with Gasteiger partial charge in [0.1, 0.15) is 0 Å². The van der Waals surface area contributed by atoms with E-state index in [9.17, 15) is 0 Å². The van der Waals surface area contributed by atoms with Crippen LogP contribution in [0.15, 0.2) is 11.1 Å². The van der Waals surface area contributed by atoms with Crippen LogP contribution in [0.5, 0.6) is 0 Å². The summed E-state index contributed by atoms with van der Waals surface area (Å²) in [5.74, 6) is 2.92. The Kier molecular flexibility index (Phi) is 18.7. The Bertz CT molecular complexity index is 515. The van der Waals surface area contributed by atoms with Crippen molar-refractivity contribution in [2.45, 2.75) is 93.2 Å². The van der Waals surface area contributed by atoms with Gasteiger partial charge in [0.05, 0.1) is 0 Å². The van der Waals surface area contributed by atoms with Crippen molar-refractivity contribution < 1.29 is 16.4 Å². The first-order chi connectivity index (χ1) is 13.1. The van der Waals surface area contributed by atoms with Crippen LogP contribution in [0, 0.1) is 29.1 Å². The van der Waals surface area contributed by atoms with Gasteiger partial charge >= 0.3 is 0 Å². The molecule has 1 heterocycles.